The van der Waals surface area contributed by atoms with E-state index in [1.807, 2.05) is 0 Å². The van der Waals surface area contributed by atoms with Crippen molar-refractivity contribution in [3.05, 3.63) is 0 Å². The third kappa shape index (κ3) is 2.50. The van der Waals surface area contributed by atoms with E-state index in [0.717, 1.165) is 5.92 Å². The van der Waals surface area contributed by atoms with E-state index >= 15 is 0 Å². The second kappa shape index (κ2) is 5.16. The lowest BCUT2D eigenvalue weighted by atomic mass is 9.66. The molecule has 0 bridgehead atoms. The molecular weight excluding hydrogens is 170 g/mol. The van der Waals surface area contributed by atoms with E-state index in [0.29, 0.717) is 11.5 Å². The van der Waals surface area contributed by atoms with Gasteiger partial charge in [0.15, 0.2) is 0 Å². The second-order valence-electron chi connectivity index (χ2n) is 5.32. The summed E-state index contributed by atoms with van der Waals surface area (Å²) in [6, 6.07) is 0.429. The van der Waals surface area contributed by atoms with Crippen molar-refractivity contribution in [2.75, 3.05) is 0 Å². The quantitative estimate of drug-likeness (QED) is 0.730. The van der Waals surface area contributed by atoms with Gasteiger partial charge in [0, 0.05) is 6.04 Å². The van der Waals surface area contributed by atoms with Crippen molar-refractivity contribution in [1.29, 1.82) is 0 Å². The summed E-state index contributed by atoms with van der Waals surface area (Å²) >= 11 is 0. The number of nitrogens with two attached hydrogens (primary N) is 1. The molecule has 0 spiro atoms. The normalized spacial score (nSPS) is 23.8. The Labute approximate surface area is 89.5 Å². The highest BCUT2D eigenvalue weighted by atomic mass is 14.7. The van der Waals surface area contributed by atoms with Crippen LogP contribution >= 0.6 is 0 Å². The highest BCUT2D eigenvalue weighted by molar-refractivity contribution is 4.91. The van der Waals surface area contributed by atoms with Crippen LogP contribution in [0.3, 0.4) is 0 Å². The summed E-state index contributed by atoms with van der Waals surface area (Å²) < 4.78 is 0. The molecule has 1 saturated carbocycles. The van der Waals surface area contributed by atoms with E-state index in [1.165, 1.54) is 44.9 Å². The van der Waals surface area contributed by atoms with Gasteiger partial charge in [-0.2, -0.15) is 0 Å². The Bertz CT molecular complexity index is 155. The SMILES string of the molecule is CCC(CC)C(N)C1(C)CCCCC1. The van der Waals surface area contributed by atoms with Crippen LogP contribution in [0.15, 0.2) is 0 Å². The summed E-state index contributed by atoms with van der Waals surface area (Å²) in [5.74, 6) is 0.734. The van der Waals surface area contributed by atoms with Gasteiger partial charge in [-0.3, -0.25) is 0 Å². The van der Waals surface area contributed by atoms with Gasteiger partial charge in [-0.25, -0.2) is 0 Å². The van der Waals surface area contributed by atoms with Gasteiger partial charge in [0.25, 0.3) is 0 Å². The molecular formula is C13H27N. The average molecular weight is 197 g/mol. The van der Waals surface area contributed by atoms with Crippen LogP contribution < -0.4 is 5.73 Å². The van der Waals surface area contributed by atoms with Crippen LogP contribution in [0.25, 0.3) is 0 Å². The van der Waals surface area contributed by atoms with E-state index in [2.05, 4.69) is 20.8 Å². The monoisotopic (exact) mass is 197 g/mol. The van der Waals surface area contributed by atoms with Crippen molar-refractivity contribution in [3.8, 4) is 0 Å². The van der Waals surface area contributed by atoms with Gasteiger partial charge in [-0.05, 0) is 24.2 Å². The molecule has 0 saturated heterocycles. The van der Waals surface area contributed by atoms with Crippen LogP contribution in [0.1, 0.15) is 65.7 Å². The van der Waals surface area contributed by atoms with E-state index in [-0.39, 0.29) is 0 Å². The largest absolute Gasteiger partial charge is 0.327 e. The Kier molecular flexibility index (Phi) is 4.43. The molecule has 0 radical (unpaired) electrons. The molecule has 1 aliphatic rings. The van der Waals surface area contributed by atoms with Crippen molar-refractivity contribution in [2.45, 2.75) is 71.8 Å². The fourth-order valence-corrected chi connectivity index (χ4v) is 3.06. The van der Waals surface area contributed by atoms with Gasteiger partial charge < -0.3 is 5.73 Å². The minimum Gasteiger partial charge on any atom is -0.327 e. The molecule has 1 rings (SSSR count). The molecule has 0 aromatic heterocycles. The maximum absolute atomic E-state index is 6.45. The van der Waals surface area contributed by atoms with E-state index in [4.69, 9.17) is 5.73 Å². The summed E-state index contributed by atoms with van der Waals surface area (Å²) in [5, 5.41) is 0. The Balaban J connectivity index is 2.59. The predicted molar refractivity (Wildman–Crippen MR) is 63.2 cm³/mol. The Morgan fingerprint density at radius 3 is 2.00 bits per heavy atom. The minimum atomic E-state index is 0.429. The maximum Gasteiger partial charge on any atom is 0.0121 e. The van der Waals surface area contributed by atoms with Gasteiger partial charge in [-0.15, -0.1) is 0 Å². The zero-order valence-corrected chi connectivity index (χ0v) is 10.2. The zero-order chi connectivity index (χ0) is 10.6. The van der Waals surface area contributed by atoms with Crippen LogP contribution in [0.4, 0.5) is 0 Å². The molecule has 1 heteroatoms. The third-order valence-corrected chi connectivity index (χ3v) is 4.36. The number of rotatable bonds is 4. The van der Waals surface area contributed by atoms with Gasteiger partial charge in [0.2, 0.25) is 0 Å². The summed E-state index contributed by atoms with van der Waals surface area (Å²) in [6.07, 6.45) is 9.40. The molecule has 0 aromatic carbocycles. The van der Waals surface area contributed by atoms with Crippen molar-refractivity contribution >= 4 is 0 Å². The number of hydrogen-bond donors (Lipinski definition) is 1. The van der Waals surface area contributed by atoms with Crippen LogP contribution in [0.5, 0.6) is 0 Å². The van der Waals surface area contributed by atoms with Gasteiger partial charge in [0.05, 0.1) is 0 Å². The van der Waals surface area contributed by atoms with Gasteiger partial charge >= 0.3 is 0 Å². The second-order valence-corrected chi connectivity index (χ2v) is 5.32. The summed E-state index contributed by atoms with van der Waals surface area (Å²) in [5.41, 5.74) is 6.89. The molecule has 2 N–H and O–H groups in total. The summed E-state index contributed by atoms with van der Waals surface area (Å²) in [4.78, 5) is 0. The van der Waals surface area contributed by atoms with Crippen LogP contribution in [-0.4, -0.2) is 6.04 Å². The summed E-state index contributed by atoms with van der Waals surface area (Å²) in [7, 11) is 0. The molecule has 0 aromatic rings. The lowest BCUT2D eigenvalue weighted by molar-refractivity contribution is 0.125. The van der Waals surface area contributed by atoms with E-state index in [9.17, 15) is 0 Å². The molecule has 1 aliphatic carbocycles. The highest BCUT2D eigenvalue weighted by Gasteiger charge is 2.36. The fraction of sp³-hybridized carbons (Fsp3) is 1.00. The fourth-order valence-electron chi connectivity index (χ4n) is 3.06. The summed E-state index contributed by atoms with van der Waals surface area (Å²) in [6.45, 7) is 6.97. The van der Waals surface area contributed by atoms with Crippen LogP contribution in [0.2, 0.25) is 0 Å². The molecule has 1 unspecified atom stereocenters. The minimum absolute atomic E-state index is 0.429. The first-order valence-corrected chi connectivity index (χ1v) is 6.39. The number of hydrogen-bond acceptors (Lipinski definition) is 1. The Hall–Kier alpha value is -0.0400. The molecule has 1 nitrogen and oxygen atoms in total. The lowest BCUT2D eigenvalue weighted by Gasteiger charge is -2.42. The Morgan fingerprint density at radius 1 is 1.07 bits per heavy atom. The smallest absolute Gasteiger partial charge is 0.0121 e. The van der Waals surface area contributed by atoms with Crippen molar-refractivity contribution < 1.29 is 0 Å². The van der Waals surface area contributed by atoms with Crippen molar-refractivity contribution in [1.82, 2.24) is 0 Å². The molecule has 84 valence electrons. The van der Waals surface area contributed by atoms with Crippen LogP contribution in [0, 0.1) is 11.3 Å². The van der Waals surface area contributed by atoms with Crippen LogP contribution in [-0.2, 0) is 0 Å². The lowest BCUT2D eigenvalue weighted by Crippen LogP contribution is -2.45. The molecule has 0 amide bonds. The van der Waals surface area contributed by atoms with Gasteiger partial charge in [0.1, 0.15) is 0 Å². The van der Waals surface area contributed by atoms with E-state index < -0.39 is 0 Å². The predicted octanol–water partition coefficient (Wildman–Crippen LogP) is 3.72. The molecule has 0 aliphatic heterocycles. The topological polar surface area (TPSA) is 26.0 Å². The molecule has 1 fully saturated rings. The van der Waals surface area contributed by atoms with Crippen molar-refractivity contribution in [2.24, 2.45) is 17.1 Å². The first-order valence-electron chi connectivity index (χ1n) is 6.39. The highest BCUT2D eigenvalue weighted by Crippen LogP contribution is 2.41. The van der Waals surface area contributed by atoms with E-state index in [1.54, 1.807) is 0 Å². The average Bonchev–Trinajstić information content (AvgIpc) is 2.20. The standard InChI is InChI=1S/C13H27N/c1-4-11(5-2)12(14)13(3)9-7-6-8-10-13/h11-12H,4-10,14H2,1-3H3. The first-order chi connectivity index (χ1) is 6.64. The Morgan fingerprint density at radius 2 is 1.57 bits per heavy atom. The van der Waals surface area contributed by atoms with Gasteiger partial charge in [-0.1, -0.05) is 52.9 Å². The first kappa shape index (κ1) is 12.0. The van der Waals surface area contributed by atoms with Crippen molar-refractivity contribution in [3.63, 3.8) is 0 Å². The maximum atomic E-state index is 6.45. The molecule has 0 heterocycles. The zero-order valence-electron chi connectivity index (χ0n) is 10.2. The molecule has 14 heavy (non-hydrogen) atoms. The molecule has 1 atom stereocenters. The third-order valence-electron chi connectivity index (χ3n) is 4.36.